The van der Waals surface area contributed by atoms with E-state index >= 15 is 0 Å². The van der Waals surface area contributed by atoms with Gasteiger partial charge in [-0.25, -0.2) is 9.50 Å². The minimum Gasteiger partial charge on any atom is -0.480 e. The number of rotatable bonds is 6. The Bertz CT molecular complexity index is 1200. The van der Waals surface area contributed by atoms with Gasteiger partial charge in [-0.2, -0.15) is 23.8 Å². The fraction of sp³-hybridized carbons (Fsp3) is 0.400. The summed E-state index contributed by atoms with van der Waals surface area (Å²) < 4.78 is 36.7. The van der Waals surface area contributed by atoms with Crippen molar-refractivity contribution in [2.75, 3.05) is 12.4 Å². The molecule has 4 aromatic heterocycles. The second-order valence-electron chi connectivity index (χ2n) is 7.45. The van der Waals surface area contributed by atoms with Crippen LogP contribution in [0.15, 0.2) is 30.7 Å². The number of fused-ring (bicyclic) bond motifs is 2. The van der Waals surface area contributed by atoms with Gasteiger partial charge in [0.1, 0.15) is 5.65 Å². The Morgan fingerprint density at radius 3 is 2.81 bits per heavy atom. The van der Waals surface area contributed by atoms with E-state index in [1.165, 1.54) is 0 Å². The normalized spacial score (nSPS) is 19.4. The summed E-state index contributed by atoms with van der Waals surface area (Å²) in [6, 6.07) is 3.86. The summed E-state index contributed by atoms with van der Waals surface area (Å²) in [5.74, 6) is 0.847. The van der Waals surface area contributed by atoms with Crippen molar-refractivity contribution in [1.82, 2.24) is 29.5 Å². The topological polar surface area (TPSA) is 102 Å². The lowest BCUT2D eigenvalue weighted by molar-refractivity contribution is -0.169. The van der Waals surface area contributed by atoms with Crippen molar-refractivity contribution in [2.45, 2.75) is 44.4 Å². The van der Waals surface area contributed by atoms with Gasteiger partial charge >= 0.3 is 6.61 Å². The maximum Gasteiger partial charge on any atom is 0.345 e. The molecule has 11 heteroatoms. The third-order valence-electron chi connectivity index (χ3n) is 5.53. The Kier molecular flexibility index (Phi) is 5.10. The number of hydrogen-bond donors (Lipinski definition) is 2. The van der Waals surface area contributed by atoms with Crippen LogP contribution in [0.25, 0.3) is 27.9 Å². The van der Waals surface area contributed by atoms with Crippen molar-refractivity contribution in [1.29, 1.82) is 0 Å². The van der Waals surface area contributed by atoms with Crippen LogP contribution in [0.5, 0.6) is 5.88 Å². The highest BCUT2D eigenvalue weighted by atomic mass is 19.3. The van der Waals surface area contributed by atoms with E-state index in [0.717, 1.165) is 22.3 Å². The van der Waals surface area contributed by atoms with Gasteiger partial charge in [-0.3, -0.25) is 0 Å². The number of alkyl halides is 2. The zero-order valence-corrected chi connectivity index (χ0v) is 16.8. The maximum atomic E-state index is 12.4. The van der Waals surface area contributed by atoms with Gasteiger partial charge in [-0.1, -0.05) is 0 Å². The largest absolute Gasteiger partial charge is 0.480 e. The molecule has 0 bridgehead atoms. The molecule has 0 unspecified atom stereocenters. The van der Waals surface area contributed by atoms with Gasteiger partial charge in [0, 0.05) is 30.2 Å². The summed E-state index contributed by atoms with van der Waals surface area (Å²) in [7, 11) is 1.56. The molecule has 0 aromatic carbocycles. The van der Waals surface area contributed by atoms with Crippen LogP contribution in [-0.4, -0.2) is 55.4 Å². The lowest BCUT2D eigenvalue weighted by atomic mass is 9.93. The number of methoxy groups -OCH3 is 1. The second-order valence-corrected chi connectivity index (χ2v) is 7.45. The van der Waals surface area contributed by atoms with Crippen molar-refractivity contribution < 1.29 is 18.3 Å². The minimum absolute atomic E-state index is 0.0828. The number of H-pyrrole nitrogens is 1. The molecule has 1 aliphatic carbocycles. The van der Waals surface area contributed by atoms with Crippen LogP contribution in [0.3, 0.4) is 0 Å². The van der Waals surface area contributed by atoms with Crippen LogP contribution in [0.4, 0.5) is 14.7 Å². The van der Waals surface area contributed by atoms with Gasteiger partial charge in [0.05, 0.1) is 24.3 Å². The molecule has 0 saturated heterocycles. The van der Waals surface area contributed by atoms with Crippen LogP contribution < -0.4 is 10.1 Å². The van der Waals surface area contributed by atoms with Gasteiger partial charge in [0.15, 0.2) is 5.65 Å². The molecule has 31 heavy (non-hydrogen) atoms. The number of nitrogens with one attached hydrogen (secondary N) is 2. The molecule has 1 aliphatic rings. The molecule has 1 saturated carbocycles. The standard InChI is InChI=1S/C20H21F2N7O2/c1-30-18-16-13(14-6-7-15-23-8-9-29(15)28-14)10-24-17(16)26-20(27-18)25-11-2-4-12(5-3-11)31-19(21)22/h6-12,19H,2-5H2,1H3,(H2,24,25,26,27)/t11-,12+. The van der Waals surface area contributed by atoms with E-state index in [-0.39, 0.29) is 6.04 Å². The predicted molar refractivity (Wildman–Crippen MR) is 109 cm³/mol. The number of aromatic amines is 1. The molecular formula is C20H21F2N7O2. The van der Waals surface area contributed by atoms with Crippen molar-refractivity contribution in [3.05, 3.63) is 30.7 Å². The molecule has 0 atom stereocenters. The molecule has 9 nitrogen and oxygen atoms in total. The fourth-order valence-electron chi connectivity index (χ4n) is 4.04. The number of nitrogens with zero attached hydrogens (tertiary/aromatic N) is 5. The third kappa shape index (κ3) is 3.88. The van der Waals surface area contributed by atoms with Crippen molar-refractivity contribution in [3.63, 3.8) is 0 Å². The molecule has 5 rings (SSSR count). The average Bonchev–Trinajstić information content (AvgIpc) is 3.40. The smallest absolute Gasteiger partial charge is 0.345 e. The van der Waals surface area contributed by atoms with E-state index in [4.69, 9.17) is 4.74 Å². The molecule has 0 aliphatic heterocycles. The van der Waals surface area contributed by atoms with E-state index in [9.17, 15) is 8.78 Å². The van der Waals surface area contributed by atoms with Gasteiger partial charge in [0.2, 0.25) is 11.8 Å². The Balaban J connectivity index is 1.39. The number of aromatic nitrogens is 6. The molecule has 4 aromatic rings. The summed E-state index contributed by atoms with van der Waals surface area (Å²) in [5, 5.41) is 8.62. The quantitative estimate of drug-likeness (QED) is 0.482. The van der Waals surface area contributed by atoms with Crippen LogP contribution in [0.1, 0.15) is 25.7 Å². The minimum atomic E-state index is -2.73. The molecule has 162 valence electrons. The third-order valence-corrected chi connectivity index (χ3v) is 5.53. The van der Waals surface area contributed by atoms with Crippen LogP contribution in [-0.2, 0) is 4.74 Å². The Hall–Kier alpha value is -3.34. The lowest BCUT2D eigenvalue weighted by Crippen LogP contribution is -2.31. The summed E-state index contributed by atoms with van der Waals surface area (Å²) >= 11 is 0. The van der Waals surface area contributed by atoms with Crippen LogP contribution in [0.2, 0.25) is 0 Å². The molecule has 0 radical (unpaired) electrons. The predicted octanol–water partition coefficient (Wildman–Crippen LogP) is 3.64. The molecular weight excluding hydrogens is 408 g/mol. The summed E-state index contributed by atoms with van der Waals surface area (Å²) in [6.45, 7) is -2.73. The van der Waals surface area contributed by atoms with Crippen molar-refractivity contribution in [2.24, 2.45) is 0 Å². The van der Waals surface area contributed by atoms with Gasteiger partial charge in [-0.05, 0) is 37.8 Å². The first-order valence-electron chi connectivity index (χ1n) is 10.0. The van der Waals surface area contributed by atoms with Crippen LogP contribution >= 0.6 is 0 Å². The Labute approximate surface area is 175 Å². The fourth-order valence-corrected chi connectivity index (χ4v) is 4.04. The highest BCUT2D eigenvalue weighted by molar-refractivity contribution is 5.96. The molecule has 1 fully saturated rings. The first-order chi connectivity index (χ1) is 15.1. The van der Waals surface area contributed by atoms with E-state index < -0.39 is 12.7 Å². The van der Waals surface area contributed by atoms with Gasteiger partial charge in [0.25, 0.3) is 0 Å². The first-order valence-corrected chi connectivity index (χ1v) is 10.0. The number of halogens is 2. The Morgan fingerprint density at radius 1 is 1.19 bits per heavy atom. The highest BCUT2D eigenvalue weighted by Crippen LogP contribution is 2.34. The number of ether oxygens (including phenoxy) is 2. The number of anilines is 1. The molecule has 4 heterocycles. The number of hydrogen-bond acceptors (Lipinski definition) is 7. The highest BCUT2D eigenvalue weighted by Gasteiger charge is 2.25. The van der Waals surface area contributed by atoms with E-state index in [1.807, 2.05) is 18.3 Å². The monoisotopic (exact) mass is 429 g/mol. The van der Waals surface area contributed by atoms with E-state index in [1.54, 1.807) is 24.0 Å². The van der Waals surface area contributed by atoms with Gasteiger partial charge in [-0.15, -0.1) is 0 Å². The lowest BCUT2D eigenvalue weighted by Gasteiger charge is -2.28. The van der Waals surface area contributed by atoms with Gasteiger partial charge < -0.3 is 19.8 Å². The second kappa shape index (κ2) is 8.06. The van der Waals surface area contributed by atoms with Crippen molar-refractivity contribution >= 4 is 22.6 Å². The zero-order valence-electron chi connectivity index (χ0n) is 16.8. The summed E-state index contributed by atoms with van der Waals surface area (Å²) in [5.41, 5.74) is 2.92. The molecule has 0 spiro atoms. The van der Waals surface area contributed by atoms with Crippen molar-refractivity contribution in [3.8, 4) is 17.1 Å². The van der Waals surface area contributed by atoms with Crippen LogP contribution in [0, 0.1) is 0 Å². The molecule has 2 N–H and O–H groups in total. The maximum absolute atomic E-state index is 12.4. The molecule has 0 amide bonds. The first kappa shape index (κ1) is 19.6. The number of imidazole rings is 1. The SMILES string of the molecule is COc1nc(N[C@H]2CC[C@@H](OC(F)F)CC2)nc2[nH]cc(-c3ccc4nccn4n3)c12. The Morgan fingerprint density at radius 2 is 2.03 bits per heavy atom. The van der Waals surface area contributed by atoms with E-state index in [2.05, 4.69) is 35.1 Å². The average molecular weight is 429 g/mol. The summed E-state index contributed by atoms with van der Waals surface area (Å²) in [6.07, 6.45) is 7.43. The zero-order chi connectivity index (χ0) is 21.4. The van der Waals surface area contributed by atoms with E-state index in [0.29, 0.717) is 43.2 Å². The summed E-state index contributed by atoms with van der Waals surface area (Å²) in [4.78, 5) is 16.5.